The zero-order valence-corrected chi connectivity index (χ0v) is 7.08. The van der Waals surface area contributed by atoms with E-state index in [9.17, 15) is 19.2 Å². The van der Waals surface area contributed by atoms with Crippen molar-refractivity contribution >= 4 is 50.1 Å². The normalized spacial score (nSPS) is 8.38. The molecule has 11 heteroatoms. The van der Waals surface area contributed by atoms with Crippen LogP contribution in [0.4, 0.5) is 0 Å². The third kappa shape index (κ3) is 8.01. The number of hydrogen-bond acceptors (Lipinski definition) is 8. The first kappa shape index (κ1) is 17.1. The van der Waals surface area contributed by atoms with E-state index in [1.54, 1.807) is 0 Å². The number of carboxylic acids is 1. The Labute approximate surface area is 101 Å². The number of hydrogen-bond donors (Lipinski definition) is 3. The van der Waals surface area contributed by atoms with E-state index in [0.29, 0.717) is 0 Å². The minimum absolute atomic E-state index is 0. The molecule has 0 saturated heterocycles. The molecule has 84 valence electrons. The van der Waals surface area contributed by atoms with E-state index in [1.165, 1.54) is 0 Å². The number of ether oxygens (including phenoxy) is 1. The molecule has 0 spiro atoms. The van der Waals surface area contributed by atoms with Crippen LogP contribution in [0.5, 0.6) is 0 Å². The summed E-state index contributed by atoms with van der Waals surface area (Å²) in [5.41, 5.74) is 0. The fraction of sp³-hybridized carbons (Fsp3) is 0.200. The second kappa shape index (κ2) is 7.89. The zero-order valence-electron chi connectivity index (χ0n) is 7.08. The monoisotopic (exact) mass is 228 g/mol. The van der Waals surface area contributed by atoms with Gasteiger partial charge in [-0.05, 0) is 0 Å². The van der Waals surface area contributed by atoms with Gasteiger partial charge in [0.25, 0.3) is 0 Å². The summed E-state index contributed by atoms with van der Waals surface area (Å²) >= 11 is 0. The number of carbonyl (C=O) groups is 4. The molecule has 0 aliphatic rings. The van der Waals surface area contributed by atoms with E-state index in [0.717, 1.165) is 0 Å². The van der Waals surface area contributed by atoms with Crippen molar-refractivity contribution in [2.24, 2.45) is 0 Å². The molecule has 0 heterocycles. The standard InChI is InChI=1S/C5H5BO9.Li.H/c7-2(8)1-3(9)14-4(10)5(11)15-6(12)13;;/h12-13H,1H2,(H,7,8);;. The van der Waals surface area contributed by atoms with Gasteiger partial charge < -0.3 is 24.5 Å². The molecule has 0 unspecified atom stereocenters. The van der Waals surface area contributed by atoms with Gasteiger partial charge in [0.2, 0.25) is 0 Å². The molecule has 3 N–H and O–H groups in total. The van der Waals surface area contributed by atoms with Gasteiger partial charge >= 0.3 is 50.1 Å². The van der Waals surface area contributed by atoms with Crippen LogP contribution in [-0.4, -0.2) is 65.2 Å². The van der Waals surface area contributed by atoms with Gasteiger partial charge in [-0.1, -0.05) is 0 Å². The summed E-state index contributed by atoms with van der Waals surface area (Å²) in [6.07, 6.45) is -1.11. The van der Waals surface area contributed by atoms with E-state index < -0.39 is 37.6 Å². The van der Waals surface area contributed by atoms with Crippen molar-refractivity contribution in [1.82, 2.24) is 0 Å². The predicted octanol–water partition coefficient (Wildman–Crippen LogP) is -3.60. The van der Waals surface area contributed by atoms with Crippen LogP contribution in [0.25, 0.3) is 0 Å². The van der Waals surface area contributed by atoms with Crippen LogP contribution in [0.2, 0.25) is 0 Å². The Kier molecular flexibility index (Phi) is 8.42. The van der Waals surface area contributed by atoms with Gasteiger partial charge in [-0.2, -0.15) is 0 Å². The molecular formula is C5H6BLiO9. The molecule has 0 aliphatic carbocycles. The number of rotatable bonds is 3. The zero-order chi connectivity index (χ0) is 12.0. The summed E-state index contributed by atoms with van der Waals surface area (Å²) < 4.78 is 7.18. The Morgan fingerprint density at radius 2 is 1.56 bits per heavy atom. The van der Waals surface area contributed by atoms with E-state index in [1.807, 2.05) is 0 Å². The van der Waals surface area contributed by atoms with Gasteiger partial charge in [-0.25, -0.2) is 9.59 Å². The van der Waals surface area contributed by atoms with E-state index >= 15 is 0 Å². The number of esters is 2. The van der Waals surface area contributed by atoms with Gasteiger partial charge in [0.1, 0.15) is 6.42 Å². The van der Waals surface area contributed by atoms with Gasteiger partial charge in [0.05, 0.1) is 0 Å². The Bertz CT molecular complexity index is 300. The molecule has 0 aliphatic heterocycles. The fourth-order valence-electron chi connectivity index (χ4n) is 0.448. The maximum atomic E-state index is 10.5. The van der Waals surface area contributed by atoms with Crippen molar-refractivity contribution in [2.75, 3.05) is 0 Å². The molecule has 0 aromatic heterocycles. The van der Waals surface area contributed by atoms with Crippen molar-refractivity contribution < 1.29 is 43.7 Å². The van der Waals surface area contributed by atoms with E-state index in [4.69, 9.17) is 15.2 Å². The molecule has 0 aromatic carbocycles. The Hall–Kier alpha value is -1.34. The molecular weight excluding hydrogens is 222 g/mol. The average Bonchev–Trinajstić information content (AvgIpc) is 2.00. The molecule has 16 heavy (non-hydrogen) atoms. The topological polar surface area (TPSA) is 147 Å². The van der Waals surface area contributed by atoms with Crippen LogP contribution < -0.4 is 0 Å². The van der Waals surface area contributed by atoms with E-state index in [2.05, 4.69) is 9.39 Å². The van der Waals surface area contributed by atoms with Crippen LogP contribution in [0.1, 0.15) is 6.42 Å². The second-order valence-corrected chi connectivity index (χ2v) is 2.06. The molecule has 0 atom stereocenters. The number of carboxylic acid groups (broad SMARTS) is 1. The van der Waals surface area contributed by atoms with Crippen molar-refractivity contribution in [2.45, 2.75) is 6.42 Å². The van der Waals surface area contributed by atoms with Crippen LogP contribution in [-0.2, 0) is 28.6 Å². The SMILES string of the molecule is O=C(O)CC(=O)OC(=O)C(=O)OB(O)O.[LiH]. The molecule has 0 bridgehead atoms. The molecule has 0 radical (unpaired) electrons. The van der Waals surface area contributed by atoms with Crippen molar-refractivity contribution in [3.63, 3.8) is 0 Å². The Morgan fingerprint density at radius 1 is 1.06 bits per heavy atom. The third-order valence-electron chi connectivity index (χ3n) is 0.881. The Balaban J connectivity index is 0. The van der Waals surface area contributed by atoms with Gasteiger partial charge in [-0.15, -0.1) is 0 Å². The maximum absolute atomic E-state index is 10.5. The van der Waals surface area contributed by atoms with Crippen molar-refractivity contribution in [1.29, 1.82) is 0 Å². The summed E-state index contributed by atoms with van der Waals surface area (Å²) in [5, 5.41) is 24.2. The summed E-state index contributed by atoms with van der Waals surface area (Å²) in [5.74, 6) is -6.70. The van der Waals surface area contributed by atoms with E-state index in [-0.39, 0.29) is 18.9 Å². The van der Waals surface area contributed by atoms with Crippen LogP contribution in [0.15, 0.2) is 0 Å². The number of aliphatic carboxylic acids is 1. The van der Waals surface area contributed by atoms with Gasteiger partial charge in [-0.3, -0.25) is 9.59 Å². The Morgan fingerprint density at radius 3 is 1.94 bits per heavy atom. The average molecular weight is 228 g/mol. The summed E-state index contributed by atoms with van der Waals surface area (Å²) in [6, 6.07) is 0. The van der Waals surface area contributed by atoms with Crippen LogP contribution in [0.3, 0.4) is 0 Å². The van der Waals surface area contributed by atoms with Gasteiger partial charge in [0.15, 0.2) is 0 Å². The van der Waals surface area contributed by atoms with Gasteiger partial charge in [0, 0.05) is 0 Å². The molecule has 9 nitrogen and oxygen atoms in total. The molecule has 0 fully saturated rings. The summed E-state index contributed by atoms with van der Waals surface area (Å²) in [4.78, 5) is 41.4. The molecule has 0 aromatic rings. The van der Waals surface area contributed by atoms with Crippen LogP contribution >= 0.6 is 0 Å². The fourth-order valence-corrected chi connectivity index (χ4v) is 0.448. The minimum atomic E-state index is -2.53. The second-order valence-electron chi connectivity index (χ2n) is 2.06. The molecule has 0 rings (SSSR count). The quantitative estimate of drug-likeness (QED) is 0.192. The van der Waals surface area contributed by atoms with Crippen molar-refractivity contribution in [3.05, 3.63) is 0 Å². The predicted molar refractivity (Wildman–Crippen MR) is 46.8 cm³/mol. The third-order valence-corrected chi connectivity index (χ3v) is 0.881. The first-order chi connectivity index (χ1) is 6.82. The molecule has 0 amide bonds. The first-order valence-electron chi connectivity index (χ1n) is 3.36. The first-order valence-corrected chi connectivity index (χ1v) is 3.36. The van der Waals surface area contributed by atoms with Crippen LogP contribution in [0, 0.1) is 0 Å². The number of carbonyl (C=O) groups excluding carboxylic acids is 3. The van der Waals surface area contributed by atoms with Crippen molar-refractivity contribution in [3.8, 4) is 0 Å². The summed E-state index contributed by atoms with van der Waals surface area (Å²) in [6.45, 7) is 0. The molecule has 0 saturated carbocycles. The summed E-state index contributed by atoms with van der Waals surface area (Å²) in [7, 11) is -2.53.